The number of carbonyl (C=O) groups excluding carboxylic acids is 1. The van der Waals surface area contributed by atoms with Crippen LogP contribution < -0.4 is 0 Å². The van der Waals surface area contributed by atoms with Gasteiger partial charge >= 0.3 is 5.97 Å². The molecule has 0 fully saturated rings. The van der Waals surface area contributed by atoms with Crippen LogP contribution in [0, 0.1) is 6.92 Å². The second-order valence-electron chi connectivity index (χ2n) is 6.30. The Morgan fingerprint density at radius 1 is 1.12 bits per heavy atom. The summed E-state index contributed by atoms with van der Waals surface area (Å²) in [7, 11) is 0. The van der Waals surface area contributed by atoms with Crippen LogP contribution in [0.15, 0.2) is 52.9 Å². The van der Waals surface area contributed by atoms with E-state index in [1.165, 1.54) is 11.1 Å². The van der Waals surface area contributed by atoms with Crippen molar-refractivity contribution in [1.29, 1.82) is 0 Å². The maximum Gasteiger partial charge on any atom is 0.338 e. The number of aryl methyl sites for hydroxylation is 3. The minimum atomic E-state index is -0.321. The average Bonchev–Trinajstić information content (AvgIpc) is 3.26. The van der Waals surface area contributed by atoms with Gasteiger partial charge in [0.25, 0.3) is 0 Å². The van der Waals surface area contributed by atoms with Crippen LogP contribution in [0.1, 0.15) is 39.4 Å². The number of esters is 1. The molecule has 0 saturated carbocycles. The predicted molar refractivity (Wildman–Crippen MR) is 94.3 cm³/mol. The lowest BCUT2D eigenvalue weighted by atomic mass is 10.1. The molecule has 0 radical (unpaired) electrons. The van der Waals surface area contributed by atoms with Gasteiger partial charge in [0.2, 0.25) is 5.89 Å². The normalized spacial score (nSPS) is 12.8. The summed E-state index contributed by atoms with van der Waals surface area (Å²) < 4.78 is 11.1. The zero-order chi connectivity index (χ0) is 17.2. The fourth-order valence-electron chi connectivity index (χ4n) is 3.18. The van der Waals surface area contributed by atoms with Gasteiger partial charge in [-0.3, -0.25) is 0 Å². The predicted octanol–water partition coefficient (Wildman–Crippen LogP) is 4.50. The van der Waals surface area contributed by atoms with Gasteiger partial charge in [0.15, 0.2) is 0 Å². The summed E-state index contributed by atoms with van der Waals surface area (Å²) in [4.78, 5) is 16.8. The number of rotatable bonds is 4. The number of hydrogen-bond acceptors (Lipinski definition) is 4. The number of hydrogen-bond donors (Lipinski definition) is 0. The van der Waals surface area contributed by atoms with E-state index in [0.717, 1.165) is 24.8 Å². The van der Waals surface area contributed by atoms with Crippen LogP contribution in [0.4, 0.5) is 0 Å². The second kappa shape index (κ2) is 6.55. The molecule has 0 atom stereocenters. The van der Waals surface area contributed by atoms with Gasteiger partial charge in [0.1, 0.15) is 18.1 Å². The molecule has 0 amide bonds. The van der Waals surface area contributed by atoms with Crippen LogP contribution in [-0.4, -0.2) is 11.0 Å². The molecule has 1 aliphatic rings. The van der Waals surface area contributed by atoms with Gasteiger partial charge in [-0.05, 0) is 61.6 Å². The van der Waals surface area contributed by atoms with E-state index in [2.05, 4.69) is 4.98 Å². The van der Waals surface area contributed by atoms with Gasteiger partial charge in [-0.25, -0.2) is 9.78 Å². The molecule has 3 aromatic rings. The number of benzene rings is 2. The average molecular weight is 333 g/mol. The van der Waals surface area contributed by atoms with Crippen LogP contribution in [0.3, 0.4) is 0 Å². The van der Waals surface area contributed by atoms with Crippen molar-refractivity contribution in [2.75, 3.05) is 0 Å². The Hall–Kier alpha value is -2.88. The fourth-order valence-corrected chi connectivity index (χ4v) is 3.18. The highest BCUT2D eigenvalue weighted by Crippen LogP contribution is 2.24. The third-order valence-corrected chi connectivity index (χ3v) is 4.59. The Balaban J connectivity index is 1.46. The number of ether oxygens (including phenoxy) is 1. The quantitative estimate of drug-likeness (QED) is 0.660. The lowest BCUT2D eigenvalue weighted by molar-refractivity contribution is 0.0467. The SMILES string of the molecule is Cc1oc(-c2ccccc2)nc1COC(=O)c1ccc2c(c1)CCC2. The molecule has 1 heterocycles. The first-order chi connectivity index (χ1) is 12.2. The second-order valence-corrected chi connectivity index (χ2v) is 6.30. The molecule has 0 saturated heterocycles. The summed E-state index contributed by atoms with van der Waals surface area (Å²) in [5.41, 5.74) is 4.76. The maximum atomic E-state index is 12.3. The van der Waals surface area contributed by atoms with Crippen molar-refractivity contribution in [2.45, 2.75) is 32.8 Å². The van der Waals surface area contributed by atoms with E-state index < -0.39 is 0 Å². The minimum absolute atomic E-state index is 0.109. The largest absolute Gasteiger partial charge is 0.455 e. The lowest BCUT2D eigenvalue weighted by Crippen LogP contribution is -2.06. The van der Waals surface area contributed by atoms with Crippen LogP contribution in [-0.2, 0) is 24.2 Å². The summed E-state index contributed by atoms with van der Waals surface area (Å²) in [5, 5.41) is 0. The number of nitrogens with zero attached hydrogens (tertiary/aromatic N) is 1. The Morgan fingerprint density at radius 2 is 1.92 bits per heavy atom. The van der Waals surface area contributed by atoms with Crippen LogP contribution >= 0.6 is 0 Å². The smallest absolute Gasteiger partial charge is 0.338 e. The highest BCUT2D eigenvalue weighted by Gasteiger charge is 2.17. The van der Waals surface area contributed by atoms with Gasteiger partial charge in [-0.15, -0.1) is 0 Å². The van der Waals surface area contributed by atoms with Crippen molar-refractivity contribution in [3.05, 3.63) is 76.7 Å². The highest BCUT2D eigenvalue weighted by molar-refractivity contribution is 5.89. The summed E-state index contributed by atoms with van der Waals surface area (Å²) in [5.74, 6) is 0.889. The number of aromatic nitrogens is 1. The molecule has 0 bridgehead atoms. The molecule has 4 heteroatoms. The molecule has 2 aromatic carbocycles. The van der Waals surface area contributed by atoms with Crippen molar-refractivity contribution in [3.8, 4) is 11.5 Å². The topological polar surface area (TPSA) is 52.3 Å². The molecule has 0 unspecified atom stereocenters. The molecule has 0 N–H and O–H groups in total. The van der Waals surface area contributed by atoms with E-state index >= 15 is 0 Å². The van der Waals surface area contributed by atoms with E-state index in [-0.39, 0.29) is 12.6 Å². The van der Waals surface area contributed by atoms with E-state index in [0.29, 0.717) is 22.9 Å². The summed E-state index contributed by atoms with van der Waals surface area (Å²) in [6.45, 7) is 1.94. The first-order valence-electron chi connectivity index (χ1n) is 8.51. The first kappa shape index (κ1) is 15.6. The monoisotopic (exact) mass is 333 g/mol. The van der Waals surface area contributed by atoms with Gasteiger partial charge < -0.3 is 9.15 Å². The summed E-state index contributed by atoms with van der Waals surface area (Å²) in [6.07, 6.45) is 3.30. The van der Waals surface area contributed by atoms with Crippen LogP contribution in [0.2, 0.25) is 0 Å². The molecule has 1 aromatic heterocycles. The third kappa shape index (κ3) is 3.20. The standard InChI is InChI=1S/C21H19NO3/c1-14-19(22-20(25-14)16-6-3-2-4-7-16)13-24-21(23)18-11-10-15-8-5-9-17(15)12-18/h2-4,6-7,10-12H,5,8-9,13H2,1H3. The molecular formula is C21H19NO3. The van der Waals surface area contributed by atoms with Crippen LogP contribution in [0.25, 0.3) is 11.5 Å². The highest BCUT2D eigenvalue weighted by atomic mass is 16.5. The van der Waals surface area contributed by atoms with E-state index in [1.807, 2.05) is 55.5 Å². The van der Waals surface area contributed by atoms with Crippen molar-refractivity contribution >= 4 is 5.97 Å². The molecule has 4 rings (SSSR count). The number of fused-ring (bicyclic) bond motifs is 1. The van der Waals surface area contributed by atoms with Gasteiger partial charge in [-0.2, -0.15) is 0 Å². The Kier molecular flexibility index (Phi) is 4.10. The Bertz CT molecular complexity index is 912. The fraction of sp³-hybridized carbons (Fsp3) is 0.238. The van der Waals surface area contributed by atoms with Crippen molar-refractivity contribution in [1.82, 2.24) is 4.98 Å². The van der Waals surface area contributed by atoms with Gasteiger partial charge in [-0.1, -0.05) is 24.3 Å². The third-order valence-electron chi connectivity index (χ3n) is 4.59. The molecule has 25 heavy (non-hydrogen) atoms. The van der Waals surface area contributed by atoms with E-state index in [1.54, 1.807) is 0 Å². The molecular weight excluding hydrogens is 314 g/mol. The Labute approximate surface area is 146 Å². The first-order valence-corrected chi connectivity index (χ1v) is 8.51. The van der Waals surface area contributed by atoms with E-state index in [4.69, 9.17) is 9.15 Å². The number of carbonyl (C=O) groups is 1. The lowest BCUT2D eigenvalue weighted by Gasteiger charge is -2.05. The number of oxazole rings is 1. The molecule has 126 valence electrons. The Morgan fingerprint density at radius 3 is 2.76 bits per heavy atom. The van der Waals surface area contributed by atoms with Crippen molar-refractivity contribution in [2.24, 2.45) is 0 Å². The van der Waals surface area contributed by atoms with E-state index in [9.17, 15) is 4.79 Å². The van der Waals surface area contributed by atoms with Crippen molar-refractivity contribution < 1.29 is 13.9 Å². The molecule has 1 aliphatic carbocycles. The van der Waals surface area contributed by atoms with Crippen LogP contribution in [0.5, 0.6) is 0 Å². The minimum Gasteiger partial charge on any atom is -0.455 e. The molecule has 4 nitrogen and oxygen atoms in total. The molecule has 0 aliphatic heterocycles. The van der Waals surface area contributed by atoms with Gasteiger partial charge in [0.05, 0.1) is 5.56 Å². The zero-order valence-corrected chi connectivity index (χ0v) is 14.1. The molecule has 0 spiro atoms. The van der Waals surface area contributed by atoms with Crippen molar-refractivity contribution in [3.63, 3.8) is 0 Å². The maximum absolute atomic E-state index is 12.3. The summed E-state index contributed by atoms with van der Waals surface area (Å²) >= 11 is 0. The zero-order valence-electron chi connectivity index (χ0n) is 14.1. The van der Waals surface area contributed by atoms with Gasteiger partial charge in [0, 0.05) is 5.56 Å². The summed E-state index contributed by atoms with van der Waals surface area (Å²) in [6, 6.07) is 15.5.